The third kappa shape index (κ3) is 2.09. The molecule has 0 unspecified atom stereocenters. The zero-order valence-corrected chi connectivity index (χ0v) is 10.8. The zero-order valence-electron chi connectivity index (χ0n) is 9.12. The fourth-order valence-corrected chi connectivity index (χ4v) is 4.01. The second kappa shape index (κ2) is 4.69. The van der Waals surface area contributed by atoms with E-state index in [4.69, 9.17) is 0 Å². The SMILES string of the molecule is CCN1C(=CC=O)[Se]c2ccc([N+](=O)[O-])cc21. The quantitative estimate of drug-likeness (QED) is 0.272. The number of hydrogen-bond donors (Lipinski definition) is 0. The average molecular weight is 297 g/mol. The van der Waals surface area contributed by atoms with Crippen LogP contribution in [0.1, 0.15) is 6.92 Å². The molecule has 6 heteroatoms. The van der Waals surface area contributed by atoms with Crippen molar-refractivity contribution in [2.24, 2.45) is 0 Å². The molecule has 0 aliphatic carbocycles. The Kier molecular flexibility index (Phi) is 3.26. The first-order chi connectivity index (χ1) is 8.17. The third-order valence-corrected chi connectivity index (χ3v) is 4.82. The number of fused-ring (bicyclic) bond motifs is 1. The predicted molar refractivity (Wildman–Crippen MR) is 65.7 cm³/mol. The van der Waals surface area contributed by atoms with Gasteiger partial charge in [-0.3, -0.25) is 0 Å². The van der Waals surface area contributed by atoms with Gasteiger partial charge in [-0.05, 0) is 0 Å². The summed E-state index contributed by atoms with van der Waals surface area (Å²) in [6, 6.07) is 4.87. The van der Waals surface area contributed by atoms with Crippen LogP contribution in [0.25, 0.3) is 0 Å². The van der Waals surface area contributed by atoms with Gasteiger partial charge in [0.15, 0.2) is 0 Å². The van der Waals surface area contributed by atoms with Gasteiger partial charge in [-0.15, -0.1) is 0 Å². The molecule has 17 heavy (non-hydrogen) atoms. The van der Waals surface area contributed by atoms with E-state index in [9.17, 15) is 14.9 Å². The number of nitro benzene ring substituents is 1. The van der Waals surface area contributed by atoms with Gasteiger partial charge < -0.3 is 0 Å². The van der Waals surface area contributed by atoms with Gasteiger partial charge in [-0.1, -0.05) is 0 Å². The van der Waals surface area contributed by atoms with Crippen molar-refractivity contribution in [3.63, 3.8) is 0 Å². The van der Waals surface area contributed by atoms with Crippen molar-refractivity contribution in [3.8, 4) is 0 Å². The van der Waals surface area contributed by atoms with Crippen LogP contribution in [0.4, 0.5) is 11.4 Å². The number of nitrogens with zero attached hydrogens (tertiary/aromatic N) is 2. The molecule has 0 saturated heterocycles. The summed E-state index contributed by atoms with van der Waals surface area (Å²) >= 11 is 0.0569. The molecule has 0 radical (unpaired) electrons. The van der Waals surface area contributed by atoms with Crippen molar-refractivity contribution in [1.82, 2.24) is 0 Å². The molecule has 0 atom stereocenters. The number of aldehydes is 1. The molecule has 0 fully saturated rings. The molecule has 0 spiro atoms. The summed E-state index contributed by atoms with van der Waals surface area (Å²) in [5.41, 5.74) is 0.945. The molecule has 0 N–H and O–H groups in total. The Morgan fingerprint density at radius 1 is 1.53 bits per heavy atom. The summed E-state index contributed by atoms with van der Waals surface area (Å²) in [5.74, 6) is 0. The number of benzene rings is 1. The van der Waals surface area contributed by atoms with E-state index in [1.165, 1.54) is 12.1 Å². The standard InChI is InChI=1S/C11H10N2O3Se/c1-2-12-9-7-8(13(15)16)3-4-10(9)17-11(12)5-6-14/h3-7H,2H2,1H3. The topological polar surface area (TPSA) is 63.5 Å². The van der Waals surface area contributed by atoms with Crippen molar-refractivity contribution in [2.45, 2.75) is 6.92 Å². The Balaban J connectivity index is 2.47. The Labute approximate surface area is 104 Å². The molecule has 0 aromatic heterocycles. The Hall–Kier alpha value is -1.65. The van der Waals surface area contributed by atoms with Gasteiger partial charge in [0, 0.05) is 0 Å². The first kappa shape index (κ1) is 11.8. The van der Waals surface area contributed by atoms with Gasteiger partial charge in [0.2, 0.25) is 0 Å². The zero-order chi connectivity index (χ0) is 12.4. The van der Waals surface area contributed by atoms with Gasteiger partial charge in [-0.2, -0.15) is 0 Å². The Morgan fingerprint density at radius 3 is 2.88 bits per heavy atom. The summed E-state index contributed by atoms with van der Waals surface area (Å²) in [5, 5.41) is 10.7. The van der Waals surface area contributed by atoms with Crippen molar-refractivity contribution in [3.05, 3.63) is 39.0 Å². The number of allylic oxidation sites excluding steroid dienone is 1. The van der Waals surface area contributed by atoms with Crippen LogP contribution in [0.3, 0.4) is 0 Å². The van der Waals surface area contributed by atoms with E-state index >= 15 is 0 Å². The van der Waals surface area contributed by atoms with E-state index in [1.54, 1.807) is 12.1 Å². The van der Waals surface area contributed by atoms with Crippen LogP contribution in [0.5, 0.6) is 0 Å². The average Bonchev–Trinajstić information content (AvgIpc) is 2.65. The Bertz CT molecular complexity index is 513. The van der Waals surface area contributed by atoms with E-state index in [-0.39, 0.29) is 20.6 Å². The maximum atomic E-state index is 10.7. The molecular weight excluding hydrogens is 287 g/mol. The van der Waals surface area contributed by atoms with Gasteiger partial charge >= 0.3 is 104 Å². The van der Waals surface area contributed by atoms with Crippen molar-refractivity contribution in [1.29, 1.82) is 0 Å². The number of rotatable bonds is 3. The summed E-state index contributed by atoms with van der Waals surface area (Å²) in [4.78, 5) is 22.8. The number of carbonyl (C=O) groups is 1. The number of nitro groups is 1. The summed E-state index contributed by atoms with van der Waals surface area (Å²) in [6.45, 7) is 2.66. The number of hydrogen-bond acceptors (Lipinski definition) is 4. The normalized spacial score (nSPS) is 16.1. The van der Waals surface area contributed by atoms with E-state index in [1.807, 2.05) is 11.8 Å². The minimum atomic E-state index is -0.400. The van der Waals surface area contributed by atoms with Crippen LogP contribution in [-0.2, 0) is 4.79 Å². The van der Waals surface area contributed by atoms with Crippen LogP contribution >= 0.6 is 0 Å². The van der Waals surface area contributed by atoms with Crippen molar-refractivity contribution < 1.29 is 9.72 Å². The fraction of sp³-hybridized carbons (Fsp3) is 0.182. The first-order valence-corrected chi connectivity index (χ1v) is 6.78. The molecule has 0 saturated carbocycles. The van der Waals surface area contributed by atoms with E-state index in [0.29, 0.717) is 6.54 Å². The monoisotopic (exact) mass is 298 g/mol. The van der Waals surface area contributed by atoms with Gasteiger partial charge in [0.05, 0.1) is 0 Å². The molecule has 1 aliphatic heterocycles. The predicted octanol–water partition coefficient (Wildman–Crippen LogP) is 0.804. The molecule has 5 nitrogen and oxygen atoms in total. The Morgan fingerprint density at radius 2 is 2.29 bits per heavy atom. The first-order valence-electron chi connectivity index (χ1n) is 5.06. The molecule has 1 aliphatic rings. The van der Waals surface area contributed by atoms with Gasteiger partial charge in [0.25, 0.3) is 0 Å². The molecule has 1 heterocycles. The number of non-ortho nitro benzene ring substituents is 1. The van der Waals surface area contributed by atoms with E-state index < -0.39 is 4.92 Å². The number of carbonyl (C=O) groups excluding carboxylic acids is 1. The van der Waals surface area contributed by atoms with Crippen LogP contribution in [0.15, 0.2) is 28.9 Å². The van der Waals surface area contributed by atoms with Crippen LogP contribution < -0.4 is 9.36 Å². The molecule has 0 amide bonds. The summed E-state index contributed by atoms with van der Waals surface area (Å²) in [7, 11) is 0. The summed E-state index contributed by atoms with van der Waals surface area (Å²) in [6.07, 6.45) is 2.30. The van der Waals surface area contributed by atoms with Crippen molar-refractivity contribution >= 4 is 37.1 Å². The van der Waals surface area contributed by atoms with Crippen LogP contribution in [0.2, 0.25) is 0 Å². The van der Waals surface area contributed by atoms with Gasteiger partial charge in [-0.25, -0.2) is 0 Å². The molecule has 88 valence electrons. The van der Waals surface area contributed by atoms with Gasteiger partial charge in [0.1, 0.15) is 0 Å². The molecule has 0 bridgehead atoms. The second-order valence-corrected chi connectivity index (χ2v) is 5.63. The molecule has 1 aromatic rings. The van der Waals surface area contributed by atoms with Crippen LogP contribution in [0, 0.1) is 10.1 Å². The van der Waals surface area contributed by atoms with Crippen LogP contribution in [-0.4, -0.2) is 32.7 Å². The van der Waals surface area contributed by atoms with E-state index in [2.05, 4.69) is 0 Å². The number of anilines is 1. The molecule has 1 aromatic carbocycles. The second-order valence-electron chi connectivity index (χ2n) is 3.40. The molecule has 2 rings (SSSR count). The van der Waals surface area contributed by atoms with Crippen molar-refractivity contribution in [2.75, 3.05) is 11.4 Å². The summed E-state index contributed by atoms with van der Waals surface area (Å²) < 4.78 is 2.03. The maximum absolute atomic E-state index is 10.7. The third-order valence-electron chi connectivity index (χ3n) is 2.45. The minimum absolute atomic E-state index is 0.0569. The van der Waals surface area contributed by atoms with E-state index in [0.717, 1.165) is 21.0 Å². The fourth-order valence-electron chi connectivity index (χ4n) is 1.71. The molecular formula is C11H10N2O3Se.